The van der Waals surface area contributed by atoms with E-state index in [-0.39, 0.29) is 17.4 Å². The van der Waals surface area contributed by atoms with Crippen LogP contribution in [0.5, 0.6) is 5.75 Å². The van der Waals surface area contributed by atoms with Crippen LogP contribution in [0, 0.1) is 5.92 Å². The Kier molecular flexibility index (Phi) is 5.47. The summed E-state index contributed by atoms with van der Waals surface area (Å²) in [5.41, 5.74) is 2.16. The predicted molar refractivity (Wildman–Crippen MR) is 116 cm³/mol. The molecule has 1 saturated carbocycles. The molecule has 0 bridgehead atoms. The van der Waals surface area contributed by atoms with Crippen LogP contribution < -0.4 is 10.1 Å². The van der Waals surface area contributed by atoms with Crippen LogP contribution in [0.2, 0.25) is 0 Å². The van der Waals surface area contributed by atoms with Gasteiger partial charge in [-0.25, -0.2) is 0 Å². The summed E-state index contributed by atoms with van der Waals surface area (Å²) in [6, 6.07) is 14.4. The van der Waals surface area contributed by atoms with Crippen molar-refractivity contribution >= 4 is 5.91 Å². The number of para-hydroxylation sites is 1. The van der Waals surface area contributed by atoms with Crippen molar-refractivity contribution in [2.24, 2.45) is 5.92 Å². The van der Waals surface area contributed by atoms with E-state index in [9.17, 15) is 4.79 Å². The smallest absolute Gasteiger partial charge is 0.220 e. The number of nitrogens with one attached hydrogen (secondary N) is 1. The second kappa shape index (κ2) is 8.38. The molecule has 0 radical (unpaired) electrons. The van der Waals surface area contributed by atoms with Gasteiger partial charge in [-0.15, -0.1) is 0 Å². The lowest BCUT2D eigenvalue weighted by Gasteiger charge is -2.47. The lowest BCUT2D eigenvalue weighted by atomic mass is 9.76. The monoisotopic (exact) mass is 405 g/mol. The molecule has 1 atom stereocenters. The number of nitrogens with zero attached hydrogens (tertiary/aromatic N) is 2. The molecule has 158 valence electrons. The van der Waals surface area contributed by atoms with E-state index < -0.39 is 0 Å². The Bertz CT molecular complexity index is 873. The zero-order chi connectivity index (χ0) is 20.4. The Hall–Kier alpha value is -2.40. The fourth-order valence-electron chi connectivity index (χ4n) is 4.95. The summed E-state index contributed by atoms with van der Waals surface area (Å²) in [7, 11) is 0. The van der Waals surface area contributed by atoms with Gasteiger partial charge in [0.15, 0.2) is 0 Å². The third-order valence-corrected chi connectivity index (χ3v) is 6.90. The molecule has 1 N–H and O–H groups in total. The molecule has 5 heteroatoms. The first-order chi connectivity index (χ1) is 14.7. The molecule has 30 heavy (non-hydrogen) atoms. The standard InChI is InChI=1S/C25H31N3O2/c29-24(27-17-19-8-9-19)15-20-16-25(30-23-7-2-1-6-22(20)23)10-13-28(14-11-25)18-21-5-3-4-12-26-21/h1-7,12,19-20H,8-11,13-18H2,(H,27,29). The third-order valence-electron chi connectivity index (χ3n) is 6.90. The first-order valence-electron chi connectivity index (χ1n) is 11.4. The van der Waals surface area contributed by atoms with Gasteiger partial charge in [-0.1, -0.05) is 24.3 Å². The molecule has 1 aliphatic carbocycles. The first kappa shape index (κ1) is 19.6. The Labute approximate surface area is 178 Å². The van der Waals surface area contributed by atoms with Crippen molar-refractivity contribution in [3.05, 3.63) is 59.9 Å². The van der Waals surface area contributed by atoms with Crippen molar-refractivity contribution in [2.75, 3.05) is 19.6 Å². The number of fused-ring (bicyclic) bond motifs is 1. The molecule has 2 aliphatic heterocycles. The van der Waals surface area contributed by atoms with Crippen molar-refractivity contribution in [1.82, 2.24) is 15.2 Å². The summed E-state index contributed by atoms with van der Waals surface area (Å²) in [4.78, 5) is 19.5. The predicted octanol–water partition coefficient (Wildman–Crippen LogP) is 3.90. The molecule has 1 aromatic carbocycles. The molecular formula is C25H31N3O2. The highest BCUT2D eigenvalue weighted by molar-refractivity contribution is 5.77. The molecule has 1 aromatic heterocycles. The van der Waals surface area contributed by atoms with E-state index in [4.69, 9.17) is 4.74 Å². The quantitative estimate of drug-likeness (QED) is 0.792. The van der Waals surface area contributed by atoms with Gasteiger partial charge in [-0.2, -0.15) is 0 Å². The van der Waals surface area contributed by atoms with Crippen molar-refractivity contribution in [3.63, 3.8) is 0 Å². The minimum atomic E-state index is -0.156. The van der Waals surface area contributed by atoms with Gasteiger partial charge in [0.05, 0.1) is 5.69 Å². The van der Waals surface area contributed by atoms with Gasteiger partial charge in [0.2, 0.25) is 5.91 Å². The van der Waals surface area contributed by atoms with Gasteiger partial charge in [0, 0.05) is 44.7 Å². The van der Waals surface area contributed by atoms with E-state index in [1.54, 1.807) is 0 Å². The van der Waals surface area contributed by atoms with Crippen LogP contribution in [0.3, 0.4) is 0 Å². The van der Waals surface area contributed by atoms with E-state index in [1.165, 1.54) is 18.4 Å². The number of carbonyl (C=O) groups is 1. The van der Waals surface area contributed by atoms with Crippen LogP contribution in [0.4, 0.5) is 0 Å². The van der Waals surface area contributed by atoms with Crippen LogP contribution in [-0.4, -0.2) is 41.0 Å². The van der Waals surface area contributed by atoms with Gasteiger partial charge >= 0.3 is 0 Å². The number of piperidine rings is 1. The highest BCUT2D eigenvalue weighted by Crippen LogP contribution is 2.46. The maximum Gasteiger partial charge on any atom is 0.220 e. The van der Waals surface area contributed by atoms with Crippen molar-refractivity contribution in [1.29, 1.82) is 0 Å². The molecule has 1 unspecified atom stereocenters. The van der Waals surface area contributed by atoms with Gasteiger partial charge in [-0.3, -0.25) is 14.7 Å². The molecule has 1 amide bonds. The summed E-state index contributed by atoms with van der Waals surface area (Å²) >= 11 is 0. The van der Waals surface area contributed by atoms with Gasteiger partial charge in [0.1, 0.15) is 11.4 Å². The number of pyridine rings is 1. The number of rotatable bonds is 6. The molecule has 3 heterocycles. The minimum absolute atomic E-state index is 0.156. The lowest BCUT2D eigenvalue weighted by Crippen LogP contribution is -2.50. The van der Waals surface area contributed by atoms with Gasteiger partial charge in [0.25, 0.3) is 0 Å². The second-order valence-electron chi connectivity index (χ2n) is 9.27. The summed E-state index contributed by atoms with van der Waals surface area (Å²) in [5, 5.41) is 3.15. The highest BCUT2D eigenvalue weighted by atomic mass is 16.5. The zero-order valence-corrected chi connectivity index (χ0v) is 17.6. The van der Waals surface area contributed by atoms with Crippen molar-refractivity contribution in [3.8, 4) is 5.75 Å². The summed E-state index contributed by atoms with van der Waals surface area (Å²) < 4.78 is 6.60. The van der Waals surface area contributed by atoms with Crippen LogP contribution in [0.1, 0.15) is 55.7 Å². The minimum Gasteiger partial charge on any atom is -0.487 e. The maximum atomic E-state index is 12.6. The molecular weight excluding hydrogens is 374 g/mol. The number of hydrogen-bond donors (Lipinski definition) is 1. The number of ether oxygens (including phenoxy) is 1. The van der Waals surface area contributed by atoms with E-state index in [0.717, 1.165) is 56.9 Å². The summed E-state index contributed by atoms with van der Waals surface area (Å²) in [6.45, 7) is 3.73. The van der Waals surface area contributed by atoms with E-state index in [1.807, 2.05) is 24.4 Å². The molecule has 1 spiro atoms. The summed E-state index contributed by atoms with van der Waals surface area (Å²) in [5.74, 6) is 2.11. The average molecular weight is 406 g/mol. The van der Waals surface area contributed by atoms with Crippen molar-refractivity contribution in [2.45, 2.75) is 56.6 Å². The van der Waals surface area contributed by atoms with Crippen molar-refractivity contribution < 1.29 is 9.53 Å². The number of benzene rings is 1. The molecule has 2 aromatic rings. The summed E-state index contributed by atoms with van der Waals surface area (Å²) in [6.07, 6.45) is 7.87. The Balaban J connectivity index is 1.25. The largest absolute Gasteiger partial charge is 0.487 e. The normalized spacial score (nSPS) is 22.9. The van der Waals surface area contributed by atoms with E-state index in [2.05, 4.69) is 39.5 Å². The second-order valence-corrected chi connectivity index (χ2v) is 9.27. The molecule has 3 aliphatic rings. The maximum absolute atomic E-state index is 12.6. The molecule has 5 rings (SSSR count). The molecule has 5 nitrogen and oxygen atoms in total. The fourth-order valence-corrected chi connectivity index (χ4v) is 4.95. The van der Waals surface area contributed by atoms with Crippen LogP contribution >= 0.6 is 0 Å². The fraction of sp³-hybridized carbons (Fsp3) is 0.520. The Morgan fingerprint density at radius 1 is 1.13 bits per heavy atom. The Morgan fingerprint density at radius 3 is 2.70 bits per heavy atom. The average Bonchev–Trinajstić information content (AvgIpc) is 3.60. The molecule has 1 saturated heterocycles. The highest BCUT2D eigenvalue weighted by Gasteiger charge is 2.43. The number of amides is 1. The van der Waals surface area contributed by atoms with E-state index in [0.29, 0.717) is 12.3 Å². The number of aromatic nitrogens is 1. The Morgan fingerprint density at radius 2 is 1.93 bits per heavy atom. The van der Waals surface area contributed by atoms with Gasteiger partial charge in [-0.05, 0) is 61.8 Å². The number of likely N-dealkylation sites (tertiary alicyclic amines) is 1. The van der Waals surface area contributed by atoms with Crippen LogP contribution in [-0.2, 0) is 11.3 Å². The lowest BCUT2D eigenvalue weighted by molar-refractivity contribution is -0.122. The van der Waals surface area contributed by atoms with E-state index >= 15 is 0 Å². The van der Waals surface area contributed by atoms with Gasteiger partial charge < -0.3 is 10.1 Å². The third kappa shape index (κ3) is 4.51. The first-order valence-corrected chi connectivity index (χ1v) is 11.4. The number of hydrogen-bond acceptors (Lipinski definition) is 4. The van der Waals surface area contributed by atoms with Crippen LogP contribution in [0.15, 0.2) is 48.7 Å². The topological polar surface area (TPSA) is 54.5 Å². The molecule has 2 fully saturated rings. The SMILES string of the molecule is O=C(CC1CC2(CCN(Cc3ccccn3)CC2)Oc2ccccc21)NCC1CC1. The van der Waals surface area contributed by atoms with Crippen LogP contribution in [0.25, 0.3) is 0 Å². The zero-order valence-electron chi connectivity index (χ0n) is 17.6. The number of carbonyl (C=O) groups excluding carboxylic acids is 1.